The maximum Gasteiger partial charge on any atom is 0.222 e. The lowest BCUT2D eigenvalue weighted by Gasteiger charge is -2.38. The predicted molar refractivity (Wildman–Crippen MR) is 98.5 cm³/mol. The van der Waals surface area contributed by atoms with Gasteiger partial charge in [0.15, 0.2) is 0 Å². The molecule has 2 heterocycles. The molecule has 0 aromatic rings. The molecule has 2 saturated carbocycles. The molecule has 2 N–H and O–H groups in total. The Kier molecular flexibility index (Phi) is 5.24. The molecule has 146 valence electrons. The van der Waals surface area contributed by atoms with Crippen molar-refractivity contribution in [1.29, 1.82) is 0 Å². The van der Waals surface area contributed by atoms with E-state index in [4.69, 9.17) is 4.74 Å². The molecule has 6 nitrogen and oxygen atoms in total. The SMILES string of the molecule is CC(C)NC(=O)C[C@@H]1OC[C@@H]2[C@H]1[C@H](CC(=O)NC1CC1)CN2C1CCC1. The van der Waals surface area contributed by atoms with E-state index in [-0.39, 0.29) is 24.0 Å². The Morgan fingerprint density at radius 3 is 2.50 bits per heavy atom. The number of nitrogens with one attached hydrogen (secondary N) is 2. The first-order chi connectivity index (χ1) is 12.5. The van der Waals surface area contributed by atoms with Crippen molar-refractivity contribution in [1.82, 2.24) is 15.5 Å². The number of carbonyl (C=O) groups is 2. The quantitative estimate of drug-likeness (QED) is 0.718. The molecule has 4 rings (SSSR count). The minimum absolute atomic E-state index is 0.0532. The Bertz CT molecular complexity index is 544. The summed E-state index contributed by atoms with van der Waals surface area (Å²) in [7, 11) is 0. The minimum atomic E-state index is -0.0532. The van der Waals surface area contributed by atoms with Crippen molar-refractivity contribution in [2.45, 2.75) is 89.1 Å². The van der Waals surface area contributed by atoms with Crippen LogP contribution in [0.3, 0.4) is 0 Å². The lowest BCUT2D eigenvalue weighted by Crippen LogP contribution is -2.45. The van der Waals surface area contributed by atoms with Crippen LogP contribution < -0.4 is 10.6 Å². The van der Waals surface area contributed by atoms with E-state index in [1.807, 2.05) is 13.8 Å². The van der Waals surface area contributed by atoms with Crippen molar-refractivity contribution in [3.8, 4) is 0 Å². The van der Waals surface area contributed by atoms with Crippen LogP contribution in [0.4, 0.5) is 0 Å². The highest BCUT2D eigenvalue weighted by molar-refractivity contribution is 5.77. The van der Waals surface area contributed by atoms with E-state index in [1.165, 1.54) is 19.3 Å². The summed E-state index contributed by atoms with van der Waals surface area (Å²) in [6.07, 6.45) is 7.03. The molecule has 0 radical (unpaired) electrons. The molecule has 4 atom stereocenters. The maximum atomic E-state index is 12.4. The maximum absolute atomic E-state index is 12.4. The van der Waals surface area contributed by atoms with Crippen molar-refractivity contribution in [3.05, 3.63) is 0 Å². The average Bonchev–Trinajstić information content (AvgIpc) is 3.10. The second-order valence-electron chi connectivity index (χ2n) is 9.03. The van der Waals surface area contributed by atoms with Gasteiger partial charge in [0, 0.05) is 43.1 Å². The van der Waals surface area contributed by atoms with Gasteiger partial charge in [-0.1, -0.05) is 6.42 Å². The van der Waals surface area contributed by atoms with Crippen molar-refractivity contribution in [3.63, 3.8) is 0 Å². The summed E-state index contributed by atoms with van der Waals surface area (Å²) in [6, 6.07) is 1.60. The van der Waals surface area contributed by atoms with Gasteiger partial charge in [0.1, 0.15) is 0 Å². The first kappa shape index (κ1) is 18.2. The smallest absolute Gasteiger partial charge is 0.222 e. The molecule has 0 aromatic heterocycles. The summed E-state index contributed by atoms with van der Waals surface area (Å²) in [5.41, 5.74) is 0. The Morgan fingerprint density at radius 1 is 1.12 bits per heavy atom. The molecule has 0 spiro atoms. The van der Waals surface area contributed by atoms with Gasteiger partial charge in [-0.25, -0.2) is 0 Å². The number of hydrogen-bond acceptors (Lipinski definition) is 4. The van der Waals surface area contributed by atoms with Crippen LogP contribution in [0.2, 0.25) is 0 Å². The molecular weight excluding hydrogens is 330 g/mol. The third kappa shape index (κ3) is 3.91. The van der Waals surface area contributed by atoms with Crippen molar-refractivity contribution >= 4 is 11.8 Å². The van der Waals surface area contributed by atoms with Crippen LogP contribution in [0.25, 0.3) is 0 Å². The molecule has 2 aliphatic heterocycles. The van der Waals surface area contributed by atoms with Gasteiger partial charge in [0.2, 0.25) is 11.8 Å². The molecular formula is C20H33N3O3. The highest BCUT2D eigenvalue weighted by Gasteiger charge is 2.53. The summed E-state index contributed by atoms with van der Waals surface area (Å²) >= 11 is 0. The van der Waals surface area contributed by atoms with E-state index >= 15 is 0 Å². The highest BCUT2D eigenvalue weighted by atomic mass is 16.5. The van der Waals surface area contributed by atoms with Crippen molar-refractivity contribution in [2.75, 3.05) is 13.2 Å². The fourth-order valence-corrected chi connectivity index (χ4v) is 5.00. The standard InChI is InChI=1S/C20H33N3O3/c1-12(2)21-19(25)9-17-20-13(8-18(24)22-14-6-7-14)10-23(15-4-3-5-15)16(20)11-26-17/h12-17,20H,3-11H2,1-2H3,(H,21,25)(H,22,24)/t13-,16-,17+,20-/m1/s1. The fourth-order valence-electron chi connectivity index (χ4n) is 5.00. The van der Waals surface area contributed by atoms with Crippen LogP contribution in [0, 0.1) is 11.8 Å². The lowest BCUT2D eigenvalue weighted by molar-refractivity contribution is -0.124. The third-order valence-electron chi connectivity index (χ3n) is 6.54. The lowest BCUT2D eigenvalue weighted by atomic mass is 9.84. The fraction of sp³-hybridized carbons (Fsp3) is 0.900. The molecule has 4 fully saturated rings. The van der Waals surface area contributed by atoms with Gasteiger partial charge in [-0.2, -0.15) is 0 Å². The van der Waals surface area contributed by atoms with Gasteiger partial charge in [0.25, 0.3) is 0 Å². The zero-order valence-corrected chi connectivity index (χ0v) is 16.1. The van der Waals surface area contributed by atoms with Gasteiger partial charge in [-0.3, -0.25) is 14.5 Å². The normalized spacial score (nSPS) is 34.6. The van der Waals surface area contributed by atoms with Gasteiger partial charge in [0.05, 0.1) is 19.1 Å². The van der Waals surface area contributed by atoms with Crippen molar-refractivity contribution in [2.24, 2.45) is 11.8 Å². The first-order valence-corrected chi connectivity index (χ1v) is 10.5. The van der Waals surface area contributed by atoms with Crippen LogP contribution in [-0.2, 0) is 14.3 Å². The van der Waals surface area contributed by atoms with Gasteiger partial charge >= 0.3 is 0 Å². The van der Waals surface area contributed by atoms with Crippen LogP contribution in [0.5, 0.6) is 0 Å². The number of rotatable bonds is 7. The highest BCUT2D eigenvalue weighted by Crippen LogP contribution is 2.45. The number of carbonyl (C=O) groups excluding carboxylic acids is 2. The summed E-state index contributed by atoms with van der Waals surface area (Å²) in [6.45, 7) is 5.66. The van der Waals surface area contributed by atoms with E-state index in [2.05, 4.69) is 15.5 Å². The van der Waals surface area contributed by atoms with E-state index in [0.29, 0.717) is 49.4 Å². The van der Waals surface area contributed by atoms with Crippen LogP contribution in [0.1, 0.15) is 58.8 Å². The largest absolute Gasteiger partial charge is 0.376 e. The number of hydrogen-bond donors (Lipinski definition) is 2. The molecule has 0 bridgehead atoms. The monoisotopic (exact) mass is 363 g/mol. The van der Waals surface area contributed by atoms with E-state index in [9.17, 15) is 9.59 Å². The summed E-state index contributed by atoms with van der Waals surface area (Å²) < 4.78 is 6.09. The van der Waals surface area contributed by atoms with E-state index < -0.39 is 0 Å². The zero-order valence-electron chi connectivity index (χ0n) is 16.1. The number of amides is 2. The van der Waals surface area contributed by atoms with Gasteiger partial charge < -0.3 is 15.4 Å². The van der Waals surface area contributed by atoms with E-state index in [1.54, 1.807) is 0 Å². The topological polar surface area (TPSA) is 70.7 Å². The molecule has 2 saturated heterocycles. The Balaban J connectivity index is 1.42. The average molecular weight is 364 g/mol. The number of fused-ring (bicyclic) bond motifs is 1. The second kappa shape index (κ2) is 7.47. The molecule has 0 unspecified atom stereocenters. The number of nitrogens with zero attached hydrogens (tertiary/aromatic N) is 1. The number of likely N-dealkylation sites (tertiary alicyclic amines) is 1. The summed E-state index contributed by atoms with van der Waals surface area (Å²) in [5.74, 6) is 0.857. The Morgan fingerprint density at radius 2 is 1.88 bits per heavy atom. The number of ether oxygens (including phenoxy) is 1. The van der Waals surface area contributed by atoms with Crippen LogP contribution >= 0.6 is 0 Å². The van der Waals surface area contributed by atoms with Crippen molar-refractivity contribution < 1.29 is 14.3 Å². The van der Waals surface area contributed by atoms with Crippen LogP contribution in [-0.4, -0.2) is 60.1 Å². The molecule has 0 aromatic carbocycles. The summed E-state index contributed by atoms with van der Waals surface area (Å²) in [5, 5.41) is 6.12. The van der Waals surface area contributed by atoms with E-state index in [0.717, 1.165) is 19.4 Å². The first-order valence-electron chi connectivity index (χ1n) is 10.5. The second-order valence-corrected chi connectivity index (χ2v) is 9.03. The molecule has 2 aliphatic carbocycles. The molecule has 4 aliphatic rings. The van der Waals surface area contributed by atoms with Crippen LogP contribution in [0.15, 0.2) is 0 Å². The molecule has 26 heavy (non-hydrogen) atoms. The van der Waals surface area contributed by atoms with Gasteiger partial charge in [-0.15, -0.1) is 0 Å². The minimum Gasteiger partial charge on any atom is -0.376 e. The zero-order chi connectivity index (χ0) is 18.3. The molecule has 2 amide bonds. The third-order valence-corrected chi connectivity index (χ3v) is 6.54. The predicted octanol–water partition coefficient (Wildman–Crippen LogP) is 1.44. The Labute approximate surface area is 156 Å². The Hall–Kier alpha value is -1.14. The summed E-state index contributed by atoms with van der Waals surface area (Å²) in [4.78, 5) is 27.3. The molecule has 6 heteroatoms. The van der Waals surface area contributed by atoms with Gasteiger partial charge in [-0.05, 0) is 45.4 Å².